The molecule has 0 N–H and O–H groups in total. The minimum Gasteiger partial charge on any atom is -0.495 e. The second-order valence-corrected chi connectivity index (χ2v) is 6.70. The topological polar surface area (TPSA) is 65.5 Å². The molecule has 0 radical (unpaired) electrons. The molecule has 25 heavy (non-hydrogen) atoms. The number of methoxy groups -OCH3 is 2. The van der Waals surface area contributed by atoms with E-state index in [9.17, 15) is 9.59 Å². The minimum atomic E-state index is -0.491. The number of ether oxygens (including phenoxy) is 2. The monoisotopic (exact) mass is 357 g/mol. The maximum Gasteiger partial charge on any atom is 0.341 e. The van der Waals surface area contributed by atoms with Gasteiger partial charge in [0.05, 0.1) is 24.8 Å². The van der Waals surface area contributed by atoms with Crippen LogP contribution in [0.4, 0.5) is 0 Å². The van der Waals surface area contributed by atoms with Crippen molar-refractivity contribution in [2.75, 3.05) is 14.2 Å². The summed E-state index contributed by atoms with van der Waals surface area (Å²) in [5, 5.41) is 0.867. The summed E-state index contributed by atoms with van der Waals surface area (Å²) >= 11 is 1.53. The Morgan fingerprint density at radius 3 is 2.80 bits per heavy atom. The van der Waals surface area contributed by atoms with Gasteiger partial charge in [0.2, 0.25) is 0 Å². The van der Waals surface area contributed by atoms with Gasteiger partial charge in [0.25, 0.3) is 0 Å². The number of esters is 1. The fourth-order valence-electron chi connectivity index (χ4n) is 3.07. The Balaban J connectivity index is 2.06. The number of ketones is 1. The smallest absolute Gasteiger partial charge is 0.341 e. The van der Waals surface area contributed by atoms with Gasteiger partial charge in [-0.15, -0.1) is 11.8 Å². The SMILES string of the molecule is COC(=O)c1c(CSc2ccccn2)cc2c(c1OC)C(=O)CCC2. The van der Waals surface area contributed by atoms with Crippen LogP contribution < -0.4 is 4.74 Å². The summed E-state index contributed by atoms with van der Waals surface area (Å²) in [7, 11) is 2.82. The third-order valence-corrected chi connectivity index (χ3v) is 5.17. The van der Waals surface area contributed by atoms with Gasteiger partial charge in [-0.05, 0) is 36.1 Å². The molecule has 0 saturated heterocycles. The predicted molar refractivity (Wildman–Crippen MR) is 95.4 cm³/mol. The standard InChI is InChI=1S/C19H19NO4S/c1-23-18-16-12(6-5-7-14(16)21)10-13(17(18)19(22)24-2)11-25-15-8-3-4-9-20-15/h3-4,8-10H,5-7,11H2,1-2H3. The summed E-state index contributed by atoms with van der Waals surface area (Å²) in [6.45, 7) is 0. The van der Waals surface area contributed by atoms with Crippen LogP contribution in [0.2, 0.25) is 0 Å². The maximum absolute atomic E-state index is 12.4. The van der Waals surface area contributed by atoms with Crippen LogP contribution in [0, 0.1) is 0 Å². The quantitative estimate of drug-likeness (QED) is 0.601. The molecule has 1 heterocycles. The van der Waals surface area contributed by atoms with Gasteiger partial charge in [-0.25, -0.2) is 9.78 Å². The van der Waals surface area contributed by atoms with Crippen molar-refractivity contribution in [3.05, 3.63) is 52.7 Å². The molecule has 0 spiro atoms. The number of fused-ring (bicyclic) bond motifs is 1. The summed E-state index contributed by atoms with van der Waals surface area (Å²) in [4.78, 5) is 29.0. The number of pyridine rings is 1. The van der Waals surface area contributed by atoms with Crippen LogP contribution in [-0.2, 0) is 16.9 Å². The number of aryl methyl sites for hydroxylation is 1. The number of aromatic nitrogens is 1. The van der Waals surface area contributed by atoms with Gasteiger partial charge in [0.15, 0.2) is 5.78 Å². The number of benzene rings is 1. The fourth-order valence-corrected chi connectivity index (χ4v) is 3.91. The first kappa shape index (κ1) is 17.5. The molecular weight excluding hydrogens is 338 g/mol. The van der Waals surface area contributed by atoms with Crippen molar-refractivity contribution in [2.24, 2.45) is 0 Å². The Labute approximate surface area is 150 Å². The molecule has 0 saturated carbocycles. The van der Waals surface area contributed by atoms with E-state index in [0.717, 1.165) is 29.0 Å². The Kier molecular flexibility index (Phi) is 5.38. The number of carbonyl (C=O) groups is 2. The highest BCUT2D eigenvalue weighted by molar-refractivity contribution is 7.98. The van der Waals surface area contributed by atoms with Gasteiger partial charge in [-0.3, -0.25) is 4.79 Å². The van der Waals surface area contributed by atoms with Crippen LogP contribution in [0.15, 0.2) is 35.5 Å². The fraction of sp³-hybridized carbons (Fsp3) is 0.316. The molecule has 1 aromatic carbocycles. The molecule has 0 fully saturated rings. The van der Waals surface area contributed by atoms with Crippen molar-refractivity contribution in [2.45, 2.75) is 30.0 Å². The van der Waals surface area contributed by atoms with Crippen LogP contribution >= 0.6 is 11.8 Å². The number of rotatable bonds is 5. The molecule has 1 aliphatic rings. The summed E-state index contributed by atoms with van der Waals surface area (Å²) in [5.41, 5.74) is 2.60. The molecule has 1 aromatic heterocycles. The molecule has 0 atom stereocenters. The van der Waals surface area contributed by atoms with Crippen molar-refractivity contribution in [1.29, 1.82) is 0 Å². The van der Waals surface area contributed by atoms with Crippen LogP contribution in [0.3, 0.4) is 0 Å². The van der Waals surface area contributed by atoms with E-state index in [0.29, 0.717) is 29.1 Å². The first-order valence-electron chi connectivity index (χ1n) is 8.03. The van der Waals surface area contributed by atoms with E-state index in [1.807, 2.05) is 24.3 Å². The summed E-state index contributed by atoms with van der Waals surface area (Å²) < 4.78 is 10.4. The molecule has 0 unspecified atom stereocenters. The minimum absolute atomic E-state index is 0.0205. The molecule has 3 rings (SSSR count). The highest BCUT2D eigenvalue weighted by Gasteiger charge is 2.29. The Bertz CT molecular complexity index is 805. The van der Waals surface area contributed by atoms with Gasteiger partial charge in [0, 0.05) is 18.4 Å². The number of thioether (sulfide) groups is 1. The lowest BCUT2D eigenvalue weighted by Gasteiger charge is -2.22. The van der Waals surface area contributed by atoms with Gasteiger partial charge < -0.3 is 9.47 Å². The average molecular weight is 357 g/mol. The number of nitrogens with zero attached hydrogens (tertiary/aromatic N) is 1. The first-order valence-corrected chi connectivity index (χ1v) is 9.02. The van der Waals surface area contributed by atoms with E-state index in [-0.39, 0.29) is 5.78 Å². The molecular formula is C19H19NO4S. The van der Waals surface area contributed by atoms with Crippen LogP contribution in [0.1, 0.15) is 44.7 Å². The molecule has 0 amide bonds. The molecule has 0 aliphatic heterocycles. The highest BCUT2D eigenvalue weighted by Crippen LogP contribution is 2.37. The van der Waals surface area contributed by atoms with Gasteiger partial charge in [-0.2, -0.15) is 0 Å². The lowest BCUT2D eigenvalue weighted by Crippen LogP contribution is -2.18. The second-order valence-electron chi connectivity index (χ2n) is 5.70. The van der Waals surface area contributed by atoms with Crippen molar-refractivity contribution in [3.8, 4) is 5.75 Å². The Morgan fingerprint density at radius 1 is 1.28 bits per heavy atom. The predicted octanol–water partition coefficient (Wildman–Crippen LogP) is 3.69. The second kappa shape index (κ2) is 7.70. The zero-order chi connectivity index (χ0) is 17.8. The van der Waals surface area contributed by atoms with E-state index in [2.05, 4.69) is 4.98 Å². The largest absolute Gasteiger partial charge is 0.495 e. The van der Waals surface area contributed by atoms with Crippen molar-refractivity contribution in [1.82, 2.24) is 4.98 Å². The summed E-state index contributed by atoms with van der Waals surface area (Å²) in [6, 6.07) is 7.64. The van der Waals surface area contributed by atoms with E-state index >= 15 is 0 Å². The molecule has 0 bridgehead atoms. The van der Waals surface area contributed by atoms with Crippen LogP contribution in [0.25, 0.3) is 0 Å². The van der Waals surface area contributed by atoms with E-state index in [1.165, 1.54) is 26.0 Å². The number of hydrogen-bond donors (Lipinski definition) is 0. The van der Waals surface area contributed by atoms with Crippen molar-refractivity contribution >= 4 is 23.5 Å². The lowest BCUT2D eigenvalue weighted by molar-refractivity contribution is 0.0596. The maximum atomic E-state index is 12.4. The summed E-state index contributed by atoms with van der Waals surface area (Å²) in [6.07, 6.45) is 3.83. The van der Waals surface area contributed by atoms with Gasteiger partial charge in [0.1, 0.15) is 11.3 Å². The number of Topliss-reactive ketones (excluding diaryl/α,β-unsaturated/α-hetero) is 1. The Morgan fingerprint density at radius 2 is 2.12 bits per heavy atom. The van der Waals surface area contributed by atoms with Gasteiger partial charge in [-0.1, -0.05) is 12.1 Å². The molecule has 6 heteroatoms. The molecule has 5 nitrogen and oxygen atoms in total. The number of carbonyl (C=O) groups excluding carboxylic acids is 2. The van der Waals surface area contributed by atoms with Gasteiger partial charge >= 0.3 is 5.97 Å². The first-order chi connectivity index (χ1) is 12.2. The molecule has 130 valence electrons. The van der Waals surface area contributed by atoms with Crippen LogP contribution in [-0.4, -0.2) is 31.0 Å². The van der Waals surface area contributed by atoms with Crippen molar-refractivity contribution < 1.29 is 19.1 Å². The van der Waals surface area contributed by atoms with E-state index < -0.39 is 5.97 Å². The van der Waals surface area contributed by atoms with E-state index in [1.54, 1.807) is 6.20 Å². The molecule has 2 aromatic rings. The van der Waals surface area contributed by atoms with Crippen LogP contribution in [0.5, 0.6) is 5.75 Å². The lowest BCUT2D eigenvalue weighted by atomic mass is 9.86. The zero-order valence-corrected chi connectivity index (χ0v) is 15.0. The van der Waals surface area contributed by atoms with E-state index in [4.69, 9.17) is 9.47 Å². The normalized spacial score (nSPS) is 13.3. The molecule has 1 aliphatic carbocycles. The average Bonchev–Trinajstić information content (AvgIpc) is 2.65. The number of hydrogen-bond acceptors (Lipinski definition) is 6. The van der Waals surface area contributed by atoms with Crippen molar-refractivity contribution in [3.63, 3.8) is 0 Å². The third kappa shape index (κ3) is 3.54. The zero-order valence-electron chi connectivity index (χ0n) is 14.2. The Hall–Kier alpha value is -2.34. The third-order valence-electron chi connectivity index (χ3n) is 4.18. The highest BCUT2D eigenvalue weighted by atomic mass is 32.2. The summed E-state index contributed by atoms with van der Waals surface area (Å²) in [5.74, 6) is 0.409.